The van der Waals surface area contributed by atoms with E-state index in [2.05, 4.69) is 74.6 Å². The van der Waals surface area contributed by atoms with Crippen molar-refractivity contribution >= 4 is 0 Å². The minimum absolute atomic E-state index is 0.384. The van der Waals surface area contributed by atoms with E-state index in [1.165, 1.54) is 22.3 Å². The topological polar surface area (TPSA) is 12.0 Å². The summed E-state index contributed by atoms with van der Waals surface area (Å²) in [6.07, 6.45) is 1.15. The van der Waals surface area contributed by atoms with E-state index in [4.69, 9.17) is 0 Å². The molecule has 0 aliphatic rings. The van der Waals surface area contributed by atoms with Crippen LogP contribution in [0, 0.1) is 5.92 Å². The van der Waals surface area contributed by atoms with Crippen LogP contribution in [0.1, 0.15) is 37.9 Å². The van der Waals surface area contributed by atoms with Gasteiger partial charge in [0.1, 0.15) is 0 Å². The van der Waals surface area contributed by atoms with Crippen LogP contribution in [0.3, 0.4) is 0 Å². The van der Waals surface area contributed by atoms with Crippen molar-refractivity contribution in [2.75, 3.05) is 7.05 Å². The van der Waals surface area contributed by atoms with Crippen LogP contribution in [0.15, 0.2) is 48.5 Å². The Morgan fingerprint density at radius 1 is 0.900 bits per heavy atom. The lowest BCUT2D eigenvalue weighted by atomic mass is 9.97. The maximum atomic E-state index is 3.29. The summed E-state index contributed by atoms with van der Waals surface area (Å²) < 4.78 is 0. The first-order valence-corrected chi connectivity index (χ1v) is 7.46. The van der Waals surface area contributed by atoms with Gasteiger partial charge in [-0.1, -0.05) is 56.3 Å². The lowest BCUT2D eigenvalue weighted by molar-refractivity contribution is 0.647. The Bertz CT molecular complexity index is 540. The molecule has 0 fully saturated rings. The zero-order chi connectivity index (χ0) is 14.5. The number of hydrogen-bond acceptors (Lipinski definition) is 1. The van der Waals surface area contributed by atoms with Gasteiger partial charge < -0.3 is 5.32 Å². The Hall–Kier alpha value is -1.60. The normalized spacial score (nSPS) is 12.7. The van der Waals surface area contributed by atoms with E-state index in [0.717, 1.165) is 6.42 Å². The number of rotatable bonds is 5. The molecule has 1 unspecified atom stereocenters. The fraction of sp³-hybridized carbons (Fsp3) is 0.368. The number of hydrogen-bond donors (Lipinski definition) is 1. The molecule has 1 heteroatoms. The third kappa shape index (κ3) is 3.71. The quantitative estimate of drug-likeness (QED) is 0.818. The van der Waals surface area contributed by atoms with Crippen LogP contribution < -0.4 is 5.32 Å². The van der Waals surface area contributed by atoms with Crippen molar-refractivity contribution in [1.29, 1.82) is 0 Å². The van der Waals surface area contributed by atoms with Gasteiger partial charge in [-0.15, -0.1) is 0 Å². The van der Waals surface area contributed by atoms with Gasteiger partial charge in [0, 0.05) is 6.04 Å². The maximum Gasteiger partial charge on any atom is 0.0289 e. The predicted octanol–water partition coefficient (Wildman–Crippen LogP) is 4.83. The van der Waals surface area contributed by atoms with Crippen LogP contribution in [0.25, 0.3) is 11.1 Å². The van der Waals surface area contributed by atoms with Gasteiger partial charge in [-0.25, -0.2) is 0 Å². The molecule has 0 aliphatic carbocycles. The number of nitrogens with one attached hydrogen (secondary N) is 1. The lowest BCUT2D eigenvalue weighted by Crippen LogP contribution is -2.12. The predicted molar refractivity (Wildman–Crippen MR) is 87.9 cm³/mol. The van der Waals surface area contributed by atoms with Crippen LogP contribution in [-0.4, -0.2) is 7.05 Å². The van der Waals surface area contributed by atoms with Crippen LogP contribution in [0.5, 0.6) is 0 Å². The Labute approximate surface area is 123 Å². The summed E-state index contributed by atoms with van der Waals surface area (Å²) >= 11 is 0. The average Bonchev–Trinajstić information content (AvgIpc) is 2.47. The van der Waals surface area contributed by atoms with Crippen molar-refractivity contribution in [2.24, 2.45) is 5.92 Å². The zero-order valence-electron chi connectivity index (χ0n) is 13.0. The van der Waals surface area contributed by atoms with Gasteiger partial charge in [-0.05, 0) is 54.6 Å². The van der Waals surface area contributed by atoms with E-state index in [1.807, 2.05) is 7.05 Å². The van der Waals surface area contributed by atoms with E-state index < -0.39 is 0 Å². The smallest absolute Gasteiger partial charge is 0.0289 e. The molecule has 1 nitrogen and oxygen atoms in total. The Morgan fingerprint density at radius 3 is 2.20 bits per heavy atom. The molecule has 0 saturated carbocycles. The lowest BCUT2D eigenvalue weighted by Gasteiger charge is -2.12. The standard InChI is InChI=1S/C19H25N/c1-14(2)12-16-8-10-17(11-9-16)19-7-5-6-18(13-19)15(3)20-4/h5-11,13-15,20H,12H2,1-4H3. The first kappa shape index (κ1) is 14.8. The molecule has 0 heterocycles. The summed E-state index contributed by atoms with van der Waals surface area (Å²) in [7, 11) is 2.00. The molecule has 2 aromatic carbocycles. The first-order valence-electron chi connectivity index (χ1n) is 7.46. The fourth-order valence-electron chi connectivity index (χ4n) is 2.46. The van der Waals surface area contributed by atoms with Crippen molar-refractivity contribution in [3.63, 3.8) is 0 Å². The second-order valence-corrected chi connectivity index (χ2v) is 5.93. The Balaban J connectivity index is 2.23. The first-order chi connectivity index (χ1) is 9.60. The molecule has 0 amide bonds. The molecule has 106 valence electrons. The Morgan fingerprint density at radius 2 is 1.60 bits per heavy atom. The van der Waals surface area contributed by atoms with Crippen LogP contribution in [0.4, 0.5) is 0 Å². The maximum absolute atomic E-state index is 3.29. The molecule has 2 rings (SSSR count). The summed E-state index contributed by atoms with van der Waals surface area (Å²) in [6, 6.07) is 18.1. The minimum Gasteiger partial charge on any atom is -0.313 e. The van der Waals surface area contributed by atoms with Crippen LogP contribution >= 0.6 is 0 Å². The van der Waals surface area contributed by atoms with Crippen molar-refractivity contribution in [2.45, 2.75) is 33.2 Å². The molecule has 0 bridgehead atoms. The highest BCUT2D eigenvalue weighted by molar-refractivity contribution is 5.64. The van der Waals surface area contributed by atoms with Gasteiger partial charge in [0.25, 0.3) is 0 Å². The summed E-state index contributed by atoms with van der Waals surface area (Å²) in [4.78, 5) is 0. The van der Waals surface area contributed by atoms with E-state index in [0.29, 0.717) is 12.0 Å². The largest absolute Gasteiger partial charge is 0.313 e. The molecule has 0 saturated heterocycles. The van der Waals surface area contributed by atoms with Gasteiger partial charge in [0.05, 0.1) is 0 Å². The number of benzene rings is 2. The minimum atomic E-state index is 0.384. The molecule has 1 N–H and O–H groups in total. The molecular weight excluding hydrogens is 242 g/mol. The van der Waals surface area contributed by atoms with Gasteiger partial charge in [-0.2, -0.15) is 0 Å². The highest BCUT2D eigenvalue weighted by Gasteiger charge is 2.05. The van der Waals surface area contributed by atoms with E-state index >= 15 is 0 Å². The van der Waals surface area contributed by atoms with E-state index in [1.54, 1.807) is 0 Å². The molecule has 0 spiro atoms. The van der Waals surface area contributed by atoms with Gasteiger partial charge in [0.15, 0.2) is 0 Å². The van der Waals surface area contributed by atoms with E-state index in [9.17, 15) is 0 Å². The second-order valence-electron chi connectivity index (χ2n) is 5.93. The summed E-state index contributed by atoms with van der Waals surface area (Å²) in [5, 5.41) is 3.29. The monoisotopic (exact) mass is 267 g/mol. The summed E-state index contributed by atoms with van der Waals surface area (Å²) in [6.45, 7) is 6.71. The molecule has 0 radical (unpaired) electrons. The molecular formula is C19H25N. The third-order valence-electron chi connectivity index (χ3n) is 3.75. The Kier molecular flexibility index (Phi) is 4.97. The molecule has 0 aliphatic heterocycles. The molecule has 1 atom stereocenters. The summed E-state index contributed by atoms with van der Waals surface area (Å²) in [5.41, 5.74) is 5.34. The van der Waals surface area contributed by atoms with Gasteiger partial charge in [0.2, 0.25) is 0 Å². The van der Waals surface area contributed by atoms with Gasteiger partial charge in [-0.3, -0.25) is 0 Å². The molecule has 2 aromatic rings. The van der Waals surface area contributed by atoms with Crippen molar-refractivity contribution in [3.05, 3.63) is 59.7 Å². The zero-order valence-corrected chi connectivity index (χ0v) is 13.0. The molecule has 20 heavy (non-hydrogen) atoms. The fourth-order valence-corrected chi connectivity index (χ4v) is 2.46. The highest BCUT2D eigenvalue weighted by Crippen LogP contribution is 2.24. The van der Waals surface area contributed by atoms with Crippen molar-refractivity contribution in [1.82, 2.24) is 5.32 Å². The SMILES string of the molecule is CNC(C)c1cccc(-c2ccc(CC(C)C)cc2)c1. The molecule has 0 aromatic heterocycles. The second kappa shape index (κ2) is 6.71. The van der Waals surface area contributed by atoms with Gasteiger partial charge >= 0.3 is 0 Å². The van der Waals surface area contributed by atoms with Crippen LogP contribution in [-0.2, 0) is 6.42 Å². The average molecular weight is 267 g/mol. The van der Waals surface area contributed by atoms with E-state index in [-0.39, 0.29) is 0 Å². The third-order valence-corrected chi connectivity index (χ3v) is 3.75. The van der Waals surface area contributed by atoms with Crippen LogP contribution in [0.2, 0.25) is 0 Å². The highest BCUT2D eigenvalue weighted by atomic mass is 14.8. The summed E-state index contributed by atoms with van der Waals surface area (Å²) in [5.74, 6) is 0.709. The van der Waals surface area contributed by atoms with Crippen molar-refractivity contribution < 1.29 is 0 Å². The van der Waals surface area contributed by atoms with Crippen molar-refractivity contribution in [3.8, 4) is 11.1 Å².